The SMILES string of the molecule is COCn1ccc(=O)[nH]c1=O.[B]/C(=C(/[B])P(O)OC)C(COC)OC. The zero-order chi connectivity index (χ0) is 19.4. The van der Waals surface area contributed by atoms with Crippen LogP contribution in [0, 0.1) is 0 Å². The summed E-state index contributed by atoms with van der Waals surface area (Å²) in [6.07, 6.45) is 0.914. The number of aromatic nitrogens is 2. The van der Waals surface area contributed by atoms with E-state index < -0.39 is 25.7 Å². The third-order valence-corrected chi connectivity index (χ3v) is 3.81. The second kappa shape index (κ2) is 13.0. The number of methoxy groups -OCH3 is 3. The molecule has 2 N–H and O–H groups in total. The molecular weight excluding hydrogens is 349 g/mol. The molecule has 0 amide bonds. The van der Waals surface area contributed by atoms with E-state index in [-0.39, 0.29) is 24.0 Å². The number of hydrogen-bond acceptors (Lipinski definition) is 7. The van der Waals surface area contributed by atoms with Gasteiger partial charge in [0.1, 0.15) is 22.4 Å². The second-order valence-corrected chi connectivity index (χ2v) is 5.87. The quantitative estimate of drug-likeness (QED) is 0.457. The van der Waals surface area contributed by atoms with Gasteiger partial charge in [0.2, 0.25) is 0 Å². The van der Waals surface area contributed by atoms with Gasteiger partial charge in [-0.2, -0.15) is 0 Å². The maximum absolute atomic E-state index is 10.9. The lowest BCUT2D eigenvalue weighted by molar-refractivity contribution is 0.0544. The van der Waals surface area contributed by atoms with Gasteiger partial charge in [0.25, 0.3) is 5.56 Å². The van der Waals surface area contributed by atoms with Crippen molar-refractivity contribution in [3.8, 4) is 0 Å². The van der Waals surface area contributed by atoms with Gasteiger partial charge in [0, 0.05) is 40.7 Å². The van der Waals surface area contributed by atoms with Crippen molar-refractivity contribution in [2.75, 3.05) is 35.0 Å². The zero-order valence-electron chi connectivity index (χ0n) is 14.6. The number of nitrogens with zero attached hydrogens (tertiary/aromatic N) is 1. The summed E-state index contributed by atoms with van der Waals surface area (Å²) in [7, 11) is 15.2. The van der Waals surface area contributed by atoms with Crippen LogP contribution >= 0.6 is 8.38 Å². The number of aromatic amines is 1. The van der Waals surface area contributed by atoms with Gasteiger partial charge in [-0.05, 0) is 0 Å². The van der Waals surface area contributed by atoms with Crippen molar-refractivity contribution in [3.05, 3.63) is 43.8 Å². The molecule has 0 fully saturated rings. The van der Waals surface area contributed by atoms with Gasteiger partial charge >= 0.3 is 5.69 Å². The lowest BCUT2D eigenvalue weighted by Gasteiger charge is -2.20. The highest BCUT2D eigenvalue weighted by Gasteiger charge is 2.15. The molecule has 136 valence electrons. The van der Waals surface area contributed by atoms with E-state index >= 15 is 0 Å². The molecule has 1 aromatic heterocycles. The van der Waals surface area contributed by atoms with Crippen LogP contribution in [-0.4, -0.2) is 71.3 Å². The maximum atomic E-state index is 10.9. The third-order valence-electron chi connectivity index (χ3n) is 2.79. The van der Waals surface area contributed by atoms with E-state index in [1.54, 1.807) is 0 Å². The molecule has 9 nitrogen and oxygen atoms in total. The molecule has 0 aliphatic heterocycles. The van der Waals surface area contributed by atoms with Crippen LogP contribution in [0.2, 0.25) is 0 Å². The van der Waals surface area contributed by atoms with E-state index in [2.05, 4.69) is 14.2 Å². The summed E-state index contributed by atoms with van der Waals surface area (Å²) in [5.74, 6) is 0. The van der Waals surface area contributed by atoms with E-state index in [0.717, 1.165) is 0 Å². The Morgan fingerprint density at radius 2 is 1.92 bits per heavy atom. The topological polar surface area (TPSA) is 112 Å². The van der Waals surface area contributed by atoms with Gasteiger partial charge in [0.15, 0.2) is 8.38 Å². The summed E-state index contributed by atoms with van der Waals surface area (Å²) >= 11 is 0. The largest absolute Gasteiger partial charge is 0.382 e. The molecule has 1 heterocycles. The van der Waals surface area contributed by atoms with Crippen molar-refractivity contribution in [1.29, 1.82) is 0 Å². The van der Waals surface area contributed by atoms with Gasteiger partial charge < -0.3 is 23.6 Å². The van der Waals surface area contributed by atoms with Gasteiger partial charge in [-0.3, -0.25) is 14.3 Å². The van der Waals surface area contributed by atoms with Crippen LogP contribution in [0.5, 0.6) is 0 Å². The molecule has 0 aliphatic carbocycles. The molecule has 0 saturated heterocycles. The fourth-order valence-electron chi connectivity index (χ4n) is 1.49. The van der Waals surface area contributed by atoms with Crippen molar-refractivity contribution >= 4 is 24.1 Å². The first-order valence-electron chi connectivity index (χ1n) is 6.90. The van der Waals surface area contributed by atoms with Crippen LogP contribution in [0.25, 0.3) is 0 Å². The molecule has 2 unspecified atom stereocenters. The average molecular weight is 370 g/mol. The van der Waals surface area contributed by atoms with Crippen molar-refractivity contribution in [2.45, 2.75) is 12.8 Å². The van der Waals surface area contributed by atoms with Crippen LogP contribution in [0.15, 0.2) is 32.5 Å². The summed E-state index contributed by atoms with van der Waals surface area (Å²) in [4.78, 5) is 32.8. The zero-order valence-corrected chi connectivity index (χ0v) is 15.5. The Morgan fingerprint density at radius 1 is 1.28 bits per heavy atom. The maximum Gasteiger partial charge on any atom is 0.330 e. The number of nitrogens with one attached hydrogen (secondary N) is 1. The van der Waals surface area contributed by atoms with Crippen molar-refractivity contribution in [1.82, 2.24) is 9.55 Å². The predicted molar refractivity (Wildman–Crippen MR) is 95.7 cm³/mol. The molecule has 0 aliphatic rings. The summed E-state index contributed by atoms with van der Waals surface area (Å²) in [6.45, 7) is 0.422. The Hall–Kier alpha value is -1.22. The molecule has 1 rings (SSSR count). The summed E-state index contributed by atoms with van der Waals surface area (Å²) in [6, 6.07) is 1.26. The van der Waals surface area contributed by atoms with E-state index in [9.17, 15) is 14.5 Å². The van der Waals surface area contributed by atoms with Gasteiger partial charge in [-0.1, -0.05) is 10.7 Å². The molecule has 0 saturated carbocycles. The molecule has 0 bridgehead atoms. The first-order valence-corrected chi connectivity index (χ1v) is 8.12. The Kier molecular flexibility index (Phi) is 12.4. The van der Waals surface area contributed by atoms with Crippen LogP contribution in [-0.2, 0) is 25.5 Å². The van der Waals surface area contributed by atoms with Crippen LogP contribution in [0.4, 0.5) is 0 Å². The molecule has 4 radical (unpaired) electrons. The molecular formula is C13H21B2N2O7P. The molecule has 0 aromatic carbocycles. The van der Waals surface area contributed by atoms with E-state index in [4.69, 9.17) is 25.2 Å². The average Bonchev–Trinajstić information content (AvgIpc) is 2.60. The van der Waals surface area contributed by atoms with Crippen LogP contribution in [0.3, 0.4) is 0 Å². The Bertz CT molecular complexity index is 650. The number of hydrogen-bond donors (Lipinski definition) is 2. The molecule has 2 atom stereocenters. The lowest BCUT2D eigenvalue weighted by Crippen LogP contribution is -2.28. The van der Waals surface area contributed by atoms with Crippen molar-refractivity contribution in [3.63, 3.8) is 0 Å². The smallest absolute Gasteiger partial charge is 0.330 e. The lowest BCUT2D eigenvalue weighted by atomic mass is 9.85. The minimum Gasteiger partial charge on any atom is -0.382 e. The van der Waals surface area contributed by atoms with Crippen molar-refractivity contribution < 1.29 is 23.6 Å². The van der Waals surface area contributed by atoms with Gasteiger partial charge in [0.05, 0.1) is 12.7 Å². The second-order valence-electron chi connectivity index (χ2n) is 4.47. The first kappa shape index (κ1) is 23.8. The van der Waals surface area contributed by atoms with Gasteiger partial charge in [-0.25, -0.2) is 4.79 Å². The van der Waals surface area contributed by atoms with E-state index in [0.29, 0.717) is 0 Å². The molecule has 0 spiro atoms. The summed E-state index contributed by atoms with van der Waals surface area (Å²) in [5.41, 5.74) is -0.619. The van der Waals surface area contributed by atoms with Gasteiger partial charge in [-0.15, -0.1) is 0 Å². The Labute approximate surface area is 149 Å². The normalized spacial score (nSPS) is 14.1. The standard InChI is InChI=1S/C7H13B2O4P.C6H8N2O3/c1-11-4-5(12-2)6(8)7(9)14(10)13-3;1-11-4-8-3-2-5(9)7-6(8)10/h5,10H,4H2,1-3H3;2-3H,4H2,1H3,(H,7,9,10)/b7-6-;. The minimum absolute atomic E-state index is 0.103. The summed E-state index contributed by atoms with van der Waals surface area (Å²) < 4.78 is 20.5. The highest BCUT2D eigenvalue weighted by molar-refractivity contribution is 7.53. The summed E-state index contributed by atoms with van der Waals surface area (Å²) in [5, 5.41) is 0.103. The highest BCUT2D eigenvalue weighted by atomic mass is 31.2. The van der Waals surface area contributed by atoms with E-state index in [1.807, 2.05) is 0 Å². The monoisotopic (exact) mass is 370 g/mol. The fourth-order valence-corrected chi connectivity index (χ4v) is 2.06. The Morgan fingerprint density at radius 3 is 2.36 bits per heavy atom. The number of H-pyrrole nitrogens is 1. The van der Waals surface area contributed by atoms with Crippen LogP contribution < -0.4 is 11.2 Å². The first-order chi connectivity index (χ1) is 11.8. The Balaban J connectivity index is 0.000000472. The van der Waals surface area contributed by atoms with Crippen LogP contribution in [0.1, 0.15) is 0 Å². The fraction of sp³-hybridized carbons (Fsp3) is 0.538. The minimum atomic E-state index is -1.83. The highest BCUT2D eigenvalue weighted by Crippen LogP contribution is 2.40. The predicted octanol–water partition coefficient (Wildman–Crippen LogP) is -0.755. The van der Waals surface area contributed by atoms with E-state index in [1.165, 1.54) is 45.3 Å². The molecule has 12 heteroatoms. The molecule has 1 aromatic rings. The molecule has 25 heavy (non-hydrogen) atoms. The third kappa shape index (κ3) is 8.62. The number of rotatable bonds is 8. The van der Waals surface area contributed by atoms with Crippen molar-refractivity contribution in [2.24, 2.45) is 0 Å². The number of ether oxygens (including phenoxy) is 3.